The first-order valence-corrected chi connectivity index (χ1v) is 9.97. The van der Waals surface area contributed by atoms with Gasteiger partial charge in [-0.05, 0) is 46.6 Å². The zero-order valence-electron chi connectivity index (χ0n) is 16.4. The van der Waals surface area contributed by atoms with Crippen LogP contribution in [0.1, 0.15) is 40.0 Å². The van der Waals surface area contributed by atoms with E-state index in [2.05, 4.69) is 18.7 Å². The van der Waals surface area contributed by atoms with Crippen LogP contribution in [0.4, 0.5) is 4.79 Å². The first-order valence-electron chi connectivity index (χ1n) is 9.97. The monoisotopic (exact) mass is 367 g/mol. The minimum Gasteiger partial charge on any atom is -0.450 e. The number of ether oxygens (including phenoxy) is 2. The zero-order chi connectivity index (χ0) is 18.7. The smallest absolute Gasteiger partial charge is 0.409 e. The number of carbonyl (C=O) groups is 2. The van der Waals surface area contributed by atoms with Gasteiger partial charge in [-0.2, -0.15) is 0 Å². The average Bonchev–Trinajstić information content (AvgIpc) is 2.96. The Labute approximate surface area is 156 Å². The summed E-state index contributed by atoms with van der Waals surface area (Å²) in [6.07, 6.45) is 2.86. The summed E-state index contributed by atoms with van der Waals surface area (Å²) in [7, 11) is 0. The van der Waals surface area contributed by atoms with Gasteiger partial charge in [0.1, 0.15) is 6.61 Å². The summed E-state index contributed by atoms with van der Waals surface area (Å²) in [4.78, 5) is 30.5. The SMILES string of the molecule is CCOC(=O)N1CCC(N2CCC3(COCC(=O)N(C(C)C)C3)C2)CC1. The van der Waals surface area contributed by atoms with Gasteiger partial charge in [-0.3, -0.25) is 9.69 Å². The summed E-state index contributed by atoms with van der Waals surface area (Å²) in [5.74, 6) is 0.109. The van der Waals surface area contributed by atoms with Gasteiger partial charge in [0, 0.05) is 43.7 Å². The lowest BCUT2D eigenvalue weighted by atomic mass is 9.87. The van der Waals surface area contributed by atoms with Crippen LogP contribution in [0.25, 0.3) is 0 Å². The van der Waals surface area contributed by atoms with Crippen LogP contribution >= 0.6 is 0 Å². The summed E-state index contributed by atoms with van der Waals surface area (Å²) in [6.45, 7) is 11.7. The van der Waals surface area contributed by atoms with Gasteiger partial charge in [-0.1, -0.05) is 0 Å². The second-order valence-corrected chi connectivity index (χ2v) is 8.25. The maximum atomic E-state index is 12.3. The molecule has 26 heavy (non-hydrogen) atoms. The summed E-state index contributed by atoms with van der Waals surface area (Å²) in [5, 5.41) is 0. The van der Waals surface area contributed by atoms with Crippen molar-refractivity contribution < 1.29 is 19.1 Å². The predicted molar refractivity (Wildman–Crippen MR) is 97.9 cm³/mol. The van der Waals surface area contributed by atoms with Crippen LogP contribution in [0.2, 0.25) is 0 Å². The first kappa shape index (κ1) is 19.4. The van der Waals surface area contributed by atoms with Gasteiger partial charge in [-0.15, -0.1) is 0 Å². The molecule has 3 heterocycles. The molecule has 1 spiro atoms. The van der Waals surface area contributed by atoms with Gasteiger partial charge in [0.2, 0.25) is 5.91 Å². The van der Waals surface area contributed by atoms with Crippen LogP contribution in [-0.2, 0) is 14.3 Å². The minimum atomic E-state index is -0.188. The van der Waals surface area contributed by atoms with Crippen molar-refractivity contribution in [2.75, 3.05) is 52.5 Å². The summed E-state index contributed by atoms with van der Waals surface area (Å²) in [5.41, 5.74) is 0.0503. The van der Waals surface area contributed by atoms with Crippen LogP contribution in [0.5, 0.6) is 0 Å². The quantitative estimate of drug-likeness (QED) is 0.758. The lowest BCUT2D eigenvalue weighted by Crippen LogP contribution is -2.49. The van der Waals surface area contributed by atoms with Crippen LogP contribution < -0.4 is 0 Å². The third kappa shape index (κ3) is 4.14. The molecule has 0 aromatic rings. The minimum absolute atomic E-state index is 0.0503. The fourth-order valence-electron chi connectivity index (χ4n) is 4.56. The average molecular weight is 367 g/mol. The molecule has 7 nitrogen and oxygen atoms in total. The molecule has 3 aliphatic rings. The Hall–Kier alpha value is -1.34. The Morgan fingerprint density at radius 2 is 2.00 bits per heavy atom. The maximum absolute atomic E-state index is 12.3. The molecular weight excluding hydrogens is 334 g/mol. The third-order valence-corrected chi connectivity index (χ3v) is 6.06. The van der Waals surface area contributed by atoms with Crippen LogP contribution in [0.15, 0.2) is 0 Å². The lowest BCUT2D eigenvalue weighted by molar-refractivity contribution is -0.135. The molecule has 3 fully saturated rings. The highest BCUT2D eigenvalue weighted by Gasteiger charge is 2.45. The predicted octanol–water partition coefficient (Wildman–Crippen LogP) is 1.57. The van der Waals surface area contributed by atoms with Crippen molar-refractivity contribution in [1.29, 1.82) is 0 Å². The number of hydrogen-bond acceptors (Lipinski definition) is 5. The van der Waals surface area contributed by atoms with Crippen molar-refractivity contribution in [3.63, 3.8) is 0 Å². The molecule has 0 radical (unpaired) electrons. The Morgan fingerprint density at radius 3 is 2.65 bits per heavy atom. The van der Waals surface area contributed by atoms with Crippen molar-refractivity contribution in [3.05, 3.63) is 0 Å². The fourth-order valence-corrected chi connectivity index (χ4v) is 4.56. The number of likely N-dealkylation sites (tertiary alicyclic amines) is 2. The molecular formula is C19H33N3O4. The van der Waals surface area contributed by atoms with E-state index in [0.717, 1.165) is 52.0 Å². The highest BCUT2D eigenvalue weighted by atomic mass is 16.6. The van der Waals surface area contributed by atoms with Gasteiger partial charge in [-0.25, -0.2) is 4.79 Å². The second-order valence-electron chi connectivity index (χ2n) is 8.25. The van der Waals surface area contributed by atoms with Crippen LogP contribution in [-0.4, -0.2) is 91.3 Å². The van der Waals surface area contributed by atoms with Gasteiger partial charge < -0.3 is 19.3 Å². The van der Waals surface area contributed by atoms with Crippen LogP contribution in [0, 0.1) is 5.41 Å². The topological polar surface area (TPSA) is 62.3 Å². The Balaban J connectivity index is 1.57. The Bertz CT molecular complexity index is 519. The zero-order valence-corrected chi connectivity index (χ0v) is 16.4. The molecule has 7 heteroatoms. The largest absolute Gasteiger partial charge is 0.450 e. The van der Waals surface area contributed by atoms with E-state index >= 15 is 0 Å². The molecule has 3 rings (SSSR count). The molecule has 148 valence electrons. The van der Waals surface area contributed by atoms with Crippen LogP contribution in [0.3, 0.4) is 0 Å². The van der Waals surface area contributed by atoms with Crippen molar-refractivity contribution in [2.45, 2.75) is 52.1 Å². The number of carbonyl (C=O) groups excluding carboxylic acids is 2. The molecule has 2 amide bonds. The summed E-state index contributed by atoms with van der Waals surface area (Å²) < 4.78 is 10.9. The number of piperidine rings is 1. The molecule has 0 aromatic carbocycles. The van der Waals surface area contributed by atoms with E-state index in [9.17, 15) is 9.59 Å². The molecule has 3 saturated heterocycles. The highest BCUT2D eigenvalue weighted by Crippen LogP contribution is 2.36. The van der Waals surface area contributed by atoms with Gasteiger partial charge in [0.05, 0.1) is 13.2 Å². The highest BCUT2D eigenvalue weighted by molar-refractivity contribution is 5.78. The molecule has 1 unspecified atom stereocenters. The van der Waals surface area contributed by atoms with E-state index in [4.69, 9.17) is 9.47 Å². The van der Waals surface area contributed by atoms with Crippen molar-refractivity contribution >= 4 is 12.0 Å². The first-order chi connectivity index (χ1) is 12.4. The van der Waals surface area contributed by atoms with E-state index in [1.165, 1.54) is 0 Å². The number of nitrogens with zero attached hydrogens (tertiary/aromatic N) is 3. The Kier molecular flexibility index (Phi) is 6.07. The molecule has 0 saturated carbocycles. The molecule has 0 N–H and O–H groups in total. The fraction of sp³-hybridized carbons (Fsp3) is 0.895. The third-order valence-electron chi connectivity index (χ3n) is 6.06. The van der Waals surface area contributed by atoms with E-state index in [1.54, 1.807) is 0 Å². The van der Waals surface area contributed by atoms with E-state index < -0.39 is 0 Å². The van der Waals surface area contributed by atoms with Gasteiger partial charge in [0.25, 0.3) is 0 Å². The van der Waals surface area contributed by atoms with Gasteiger partial charge >= 0.3 is 6.09 Å². The summed E-state index contributed by atoms with van der Waals surface area (Å²) >= 11 is 0. The maximum Gasteiger partial charge on any atom is 0.409 e. The molecule has 0 aliphatic carbocycles. The Morgan fingerprint density at radius 1 is 1.27 bits per heavy atom. The molecule has 0 aromatic heterocycles. The number of hydrogen-bond donors (Lipinski definition) is 0. The van der Waals surface area contributed by atoms with E-state index in [1.807, 2.05) is 16.7 Å². The van der Waals surface area contributed by atoms with Gasteiger partial charge in [0.15, 0.2) is 0 Å². The van der Waals surface area contributed by atoms with E-state index in [0.29, 0.717) is 19.3 Å². The standard InChI is InChI=1S/C19H33N3O4/c1-4-26-18(24)20-8-5-16(6-9-20)21-10-7-19(12-21)13-22(15(2)3)17(23)11-25-14-19/h15-16H,4-14H2,1-3H3. The number of amides is 2. The van der Waals surface area contributed by atoms with Crippen molar-refractivity contribution in [1.82, 2.24) is 14.7 Å². The normalized spacial score (nSPS) is 28.8. The molecule has 1 atom stereocenters. The second kappa shape index (κ2) is 8.13. The van der Waals surface area contributed by atoms with Crippen molar-refractivity contribution in [2.24, 2.45) is 5.41 Å². The molecule has 0 bridgehead atoms. The van der Waals surface area contributed by atoms with E-state index in [-0.39, 0.29) is 30.1 Å². The number of rotatable bonds is 3. The van der Waals surface area contributed by atoms with Crippen molar-refractivity contribution in [3.8, 4) is 0 Å². The lowest BCUT2D eigenvalue weighted by Gasteiger charge is -2.38. The molecule has 3 aliphatic heterocycles. The summed E-state index contributed by atoms with van der Waals surface area (Å²) in [6, 6.07) is 0.717.